The van der Waals surface area contributed by atoms with Crippen LogP contribution in [-0.4, -0.2) is 12.1 Å². The lowest BCUT2D eigenvalue weighted by Crippen LogP contribution is -2.68. The third-order valence-electron chi connectivity index (χ3n) is 3.18. The maximum absolute atomic E-state index is 3.78. The molecule has 1 saturated heterocycles. The molecule has 1 aliphatic carbocycles. The van der Waals surface area contributed by atoms with Gasteiger partial charge in [0.2, 0.25) is 0 Å². The first kappa shape index (κ1) is 9.08. The average molecular weight is 174 g/mol. The van der Waals surface area contributed by atoms with Crippen molar-refractivity contribution in [3.05, 3.63) is 12.7 Å². The Morgan fingerprint density at radius 3 is 2.55 bits per heavy atom. The summed E-state index contributed by atoms with van der Waals surface area (Å²) in [6.45, 7) is 5.01. The molecule has 0 aromatic carbocycles. The van der Waals surface area contributed by atoms with E-state index in [-0.39, 0.29) is 12.4 Å². The van der Waals surface area contributed by atoms with Gasteiger partial charge in [-0.15, -0.1) is 19.0 Å². The number of hydrogen-bond acceptors (Lipinski definition) is 1. The number of hydrogen-bond donors (Lipinski definition) is 1. The largest absolute Gasteiger partial charge is 0.311 e. The van der Waals surface area contributed by atoms with Gasteiger partial charge in [0.05, 0.1) is 0 Å². The number of rotatable bonds is 2. The normalized spacial score (nSPS) is 31.5. The van der Waals surface area contributed by atoms with Crippen LogP contribution in [0.5, 0.6) is 0 Å². The number of allylic oxidation sites excluding steroid dienone is 1. The Kier molecular flexibility index (Phi) is 2.61. The molecular weight excluding hydrogens is 158 g/mol. The highest BCUT2D eigenvalue weighted by Crippen LogP contribution is 2.45. The van der Waals surface area contributed by atoms with Crippen LogP contribution >= 0.6 is 12.4 Å². The molecule has 1 N–H and O–H groups in total. The fourth-order valence-corrected chi connectivity index (χ4v) is 2.19. The summed E-state index contributed by atoms with van der Waals surface area (Å²) in [6, 6.07) is 0. The lowest BCUT2D eigenvalue weighted by molar-refractivity contribution is 0.0218. The quantitative estimate of drug-likeness (QED) is 0.631. The molecule has 0 amide bonds. The predicted molar refractivity (Wildman–Crippen MR) is 50.1 cm³/mol. The molecule has 2 rings (SSSR count). The van der Waals surface area contributed by atoms with Gasteiger partial charge in [0.25, 0.3) is 0 Å². The molecule has 1 nitrogen and oxygen atoms in total. The van der Waals surface area contributed by atoms with E-state index in [1.54, 1.807) is 0 Å². The summed E-state index contributed by atoms with van der Waals surface area (Å²) in [6.07, 6.45) is 7.52. The topological polar surface area (TPSA) is 12.0 Å². The third-order valence-corrected chi connectivity index (χ3v) is 3.18. The van der Waals surface area contributed by atoms with Crippen molar-refractivity contribution in [3.8, 4) is 0 Å². The molecule has 1 saturated carbocycles. The second-order valence-electron chi connectivity index (χ2n) is 3.61. The van der Waals surface area contributed by atoms with Gasteiger partial charge in [-0.25, -0.2) is 0 Å². The molecule has 0 bridgehead atoms. The van der Waals surface area contributed by atoms with E-state index < -0.39 is 0 Å². The Bertz CT molecular complexity index is 146. The van der Waals surface area contributed by atoms with E-state index in [4.69, 9.17) is 0 Å². The molecule has 1 spiro atoms. The summed E-state index contributed by atoms with van der Waals surface area (Å²) in [5, 5.41) is 3.55. The van der Waals surface area contributed by atoms with Gasteiger partial charge in [0.1, 0.15) is 0 Å². The van der Waals surface area contributed by atoms with Crippen molar-refractivity contribution in [1.82, 2.24) is 5.32 Å². The van der Waals surface area contributed by atoms with Crippen molar-refractivity contribution < 1.29 is 0 Å². The van der Waals surface area contributed by atoms with Crippen LogP contribution < -0.4 is 5.32 Å². The maximum Gasteiger partial charge on any atom is 0.0224 e. The Hall–Kier alpha value is -0.0100. The van der Waals surface area contributed by atoms with E-state index in [2.05, 4.69) is 18.0 Å². The molecule has 2 fully saturated rings. The van der Waals surface area contributed by atoms with Gasteiger partial charge in [-0.2, -0.15) is 0 Å². The number of nitrogens with one attached hydrogen (secondary N) is 1. The summed E-state index contributed by atoms with van der Waals surface area (Å²) in [5.74, 6) is 0.916. The van der Waals surface area contributed by atoms with Crippen LogP contribution in [0.3, 0.4) is 0 Å². The zero-order valence-electron chi connectivity index (χ0n) is 6.81. The van der Waals surface area contributed by atoms with Crippen molar-refractivity contribution in [2.24, 2.45) is 5.92 Å². The molecule has 0 aromatic heterocycles. The van der Waals surface area contributed by atoms with Gasteiger partial charge < -0.3 is 5.32 Å². The van der Waals surface area contributed by atoms with Crippen molar-refractivity contribution in [2.45, 2.75) is 31.2 Å². The van der Waals surface area contributed by atoms with Gasteiger partial charge in [0.15, 0.2) is 0 Å². The van der Waals surface area contributed by atoms with E-state index in [0.29, 0.717) is 5.54 Å². The van der Waals surface area contributed by atoms with Crippen LogP contribution in [0.2, 0.25) is 0 Å². The molecule has 2 aliphatic rings. The van der Waals surface area contributed by atoms with E-state index in [1.807, 2.05) is 0 Å². The van der Waals surface area contributed by atoms with Crippen molar-refractivity contribution in [1.29, 1.82) is 0 Å². The lowest BCUT2D eigenvalue weighted by Gasteiger charge is -2.57. The first-order valence-corrected chi connectivity index (χ1v) is 4.23. The zero-order chi connectivity index (χ0) is 7.03. The zero-order valence-corrected chi connectivity index (χ0v) is 7.62. The van der Waals surface area contributed by atoms with E-state index in [0.717, 1.165) is 5.92 Å². The number of halogens is 1. The minimum atomic E-state index is 0. The predicted octanol–water partition coefficient (Wildman–Crippen LogP) is 2.13. The molecule has 0 aromatic rings. The fraction of sp³-hybridized carbons (Fsp3) is 0.778. The van der Waals surface area contributed by atoms with Crippen LogP contribution in [0, 0.1) is 5.92 Å². The van der Waals surface area contributed by atoms with Crippen LogP contribution in [0.1, 0.15) is 25.7 Å². The second kappa shape index (κ2) is 3.16. The van der Waals surface area contributed by atoms with E-state index in [9.17, 15) is 0 Å². The first-order valence-electron chi connectivity index (χ1n) is 4.23. The Morgan fingerprint density at radius 2 is 2.27 bits per heavy atom. The van der Waals surface area contributed by atoms with Gasteiger partial charge in [0, 0.05) is 12.1 Å². The summed E-state index contributed by atoms with van der Waals surface area (Å²) < 4.78 is 0. The van der Waals surface area contributed by atoms with Crippen molar-refractivity contribution >= 4 is 12.4 Å². The summed E-state index contributed by atoms with van der Waals surface area (Å²) in [7, 11) is 0. The molecule has 64 valence electrons. The van der Waals surface area contributed by atoms with Crippen LogP contribution in [0.25, 0.3) is 0 Å². The smallest absolute Gasteiger partial charge is 0.0224 e. The average Bonchev–Trinajstić information content (AvgIpc) is 1.77. The highest BCUT2D eigenvalue weighted by atomic mass is 35.5. The minimum absolute atomic E-state index is 0. The van der Waals surface area contributed by atoms with Gasteiger partial charge in [-0.05, 0) is 31.6 Å². The maximum atomic E-state index is 3.78. The molecule has 1 heterocycles. The van der Waals surface area contributed by atoms with Crippen LogP contribution in [0.15, 0.2) is 12.7 Å². The summed E-state index contributed by atoms with van der Waals surface area (Å²) in [4.78, 5) is 0. The molecular formula is C9H16ClN. The highest BCUT2D eigenvalue weighted by Gasteiger charge is 2.49. The lowest BCUT2D eigenvalue weighted by atomic mass is 9.62. The Morgan fingerprint density at radius 1 is 1.55 bits per heavy atom. The fourth-order valence-electron chi connectivity index (χ4n) is 2.19. The van der Waals surface area contributed by atoms with Gasteiger partial charge >= 0.3 is 0 Å². The molecule has 2 heteroatoms. The Balaban J connectivity index is 0.000000605. The second-order valence-corrected chi connectivity index (χ2v) is 3.61. The highest BCUT2D eigenvalue weighted by molar-refractivity contribution is 5.85. The minimum Gasteiger partial charge on any atom is -0.311 e. The summed E-state index contributed by atoms with van der Waals surface area (Å²) >= 11 is 0. The molecule has 0 radical (unpaired) electrons. The van der Waals surface area contributed by atoms with Gasteiger partial charge in [-0.3, -0.25) is 0 Å². The molecule has 11 heavy (non-hydrogen) atoms. The first-order chi connectivity index (χ1) is 4.87. The summed E-state index contributed by atoms with van der Waals surface area (Å²) in [5.41, 5.74) is 0.591. The van der Waals surface area contributed by atoms with Crippen LogP contribution in [-0.2, 0) is 0 Å². The SMILES string of the molecule is C=CCC1CNC12CCC2.Cl. The standard InChI is InChI=1S/C9H15N.ClH/c1-2-4-8-7-10-9(8)5-3-6-9;/h2,8,10H,1,3-7H2;1H. The third kappa shape index (κ3) is 1.21. The monoisotopic (exact) mass is 173 g/mol. The van der Waals surface area contributed by atoms with E-state index >= 15 is 0 Å². The molecule has 1 unspecified atom stereocenters. The molecule has 1 aliphatic heterocycles. The van der Waals surface area contributed by atoms with Crippen molar-refractivity contribution in [3.63, 3.8) is 0 Å². The Labute approximate surface area is 74.7 Å². The van der Waals surface area contributed by atoms with Crippen molar-refractivity contribution in [2.75, 3.05) is 6.54 Å². The van der Waals surface area contributed by atoms with Gasteiger partial charge in [-0.1, -0.05) is 6.08 Å². The molecule has 1 atom stereocenters. The van der Waals surface area contributed by atoms with E-state index in [1.165, 1.54) is 32.2 Å². The van der Waals surface area contributed by atoms with Crippen LogP contribution in [0.4, 0.5) is 0 Å².